The second kappa shape index (κ2) is 5.47. The summed E-state index contributed by atoms with van der Waals surface area (Å²) in [5, 5.41) is 9.95. The van der Waals surface area contributed by atoms with Gasteiger partial charge in [-0.15, -0.1) is 0 Å². The minimum absolute atomic E-state index is 0. The van der Waals surface area contributed by atoms with Gasteiger partial charge in [0, 0.05) is 0 Å². The molecule has 76 valence electrons. The monoisotopic (exact) mass is 240 g/mol. The number of hydrogen-bond acceptors (Lipinski definition) is 5. The summed E-state index contributed by atoms with van der Waals surface area (Å²) in [5.74, 6) is -0.0857. The van der Waals surface area contributed by atoms with Crippen LogP contribution in [0.4, 0.5) is 4.79 Å². The molecule has 15 heavy (non-hydrogen) atoms. The van der Waals surface area contributed by atoms with E-state index in [-0.39, 0.29) is 40.2 Å². The van der Waals surface area contributed by atoms with Gasteiger partial charge in [-0.3, -0.25) is 4.55 Å². The van der Waals surface area contributed by atoms with Gasteiger partial charge in [-0.05, 0) is 24.3 Å². The fraction of sp³-hybridized carbons (Fsp3) is 0. The summed E-state index contributed by atoms with van der Waals surface area (Å²) in [7, 11) is -4.27. The molecule has 6 nitrogen and oxygen atoms in total. The van der Waals surface area contributed by atoms with E-state index in [0.717, 1.165) is 24.3 Å². The van der Waals surface area contributed by atoms with Crippen molar-refractivity contribution in [3.05, 3.63) is 24.3 Å². The third-order valence-corrected chi connectivity index (χ3v) is 2.19. The van der Waals surface area contributed by atoms with Crippen molar-refractivity contribution in [3.8, 4) is 5.75 Å². The van der Waals surface area contributed by atoms with Crippen molar-refractivity contribution >= 4 is 16.3 Å². The maximum absolute atomic E-state index is 10.6. The Balaban J connectivity index is 0.00000196. The summed E-state index contributed by atoms with van der Waals surface area (Å²) < 4.78 is 33.8. The molecule has 0 atom stereocenters. The normalized spacial score (nSPS) is 10.2. The Kier molecular flexibility index (Phi) is 5.26. The fourth-order valence-corrected chi connectivity index (χ4v) is 1.26. The van der Waals surface area contributed by atoms with Crippen LogP contribution < -0.4 is 39.4 Å². The van der Waals surface area contributed by atoms with Gasteiger partial charge in [0.25, 0.3) is 16.3 Å². The molecule has 0 radical (unpaired) electrons. The van der Waals surface area contributed by atoms with Crippen LogP contribution in [-0.2, 0) is 10.1 Å². The maximum atomic E-state index is 10.6. The molecule has 1 rings (SSSR count). The predicted octanol–water partition coefficient (Wildman–Crippen LogP) is -3.34. The Hall–Kier alpha value is -0.600. The molecule has 1 N–H and O–H groups in total. The second-order valence-electron chi connectivity index (χ2n) is 2.30. The van der Waals surface area contributed by atoms with E-state index in [4.69, 9.17) is 4.55 Å². The molecule has 0 aromatic heterocycles. The number of carbonyl (C=O) groups excluding carboxylic acids is 1. The zero-order chi connectivity index (χ0) is 10.8. The SMILES string of the molecule is O=C([O-])Oc1ccc(S(=O)(=O)O)cc1.[Na+]. The summed E-state index contributed by atoms with van der Waals surface area (Å²) in [6.45, 7) is 0. The van der Waals surface area contributed by atoms with Crippen molar-refractivity contribution in [3.63, 3.8) is 0 Å². The number of ether oxygens (including phenoxy) is 1. The first kappa shape index (κ1) is 14.4. The summed E-state index contributed by atoms with van der Waals surface area (Å²) >= 11 is 0. The molecule has 0 fully saturated rings. The number of carboxylic acid groups (broad SMARTS) is 1. The summed E-state index contributed by atoms with van der Waals surface area (Å²) in [5.41, 5.74) is 0. The molecule has 0 aliphatic rings. The van der Waals surface area contributed by atoms with Crippen LogP contribution >= 0.6 is 0 Å². The Morgan fingerprint density at radius 1 is 1.27 bits per heavy atom. The molecule has 8 heteroatoms. The van der Waals surface area contributed by atoms with Crippen LogP contribution in [0.25, 0.3) is 0 Å². The van der Waals surface area contributed by atoms with Gasteiger partial charge in [-0.2, -0.15) is 8.42 Å². The van der Waals surface area contributed by atoms with Crippen LogP contribution in [0.2, 0.25) is 0 Å². The molecule has 0 bridgehead atoms. The van der Waals surface area contributed by atoms with Crippen molar-refractivity contribution in [2.24, 2.45) is 0 Å². The number of benzene rings is 1. The van der Waals surface area contributed by atoms with E-state index in [1.54, 1.807) is 0 Å². The van der Waals surface area contributed by atoms with Gasteiger partial charge >= 0.3 is 29.6 Å². The second-order valence-corrected chi connectivity index (χ2v) is 3.72. The van der Waals surface area contributed by atoms with Crippen LogP contribution in [0, 0.1) is 0 Å². The molecule has 0 aliphatic carbocycles. The summed E-state index contributed by atoms with van der Waals surface area (Å²) in [6.07, 6.45) is -1.75. The Morgan fingerprint density at radius 2 is 1.73 bits per heavy atom. The molecule has 0 saturated heterocycles. The Labute approximate surface area is 108 Å². The zero-order valence-electron chi connectivity index (χ0n) is 7.71. The van der Waals surface area contributed by atoms with E-state index in [2.05, 4.69) is 4.74 Å². The minimum Gasteiger partial charge on any atom is -0.514 e. The van der Waals surface area contributed by atoms with Crippen molar-refractivity contribution in [2.45, 2.75) is 4.90 Å². The van der Waals surface area contributed by atoms with Crippen molar-refractivity contribution in [1.29, 1.82) is 0 Å². The van der Waals surface area contributed by atoms with Gasteiger partial charge in [-0.25, -0.2) is 0 Å². The van der Waals surface area contributed by atoms with Crippen LogP contribution in [-0.4, -0.2) is 19.1 Å². The number of carbonyl (C=O) groups is 1. The van der Waals surface area contributed by atoms with Gasteiger partial charge in [0.05, 0.1) is 10.6 Å². The number of hydrogen-bond donors (Lipinski definition) is 1. The third kappa shape index (κ3) is 4.63. The molecule has 1 aromatic carbocycles. The largest absolute Gasteiger partial charge is 1.00 e. The van der Waals surface area contributed by atoms with Gasteiger partial charge in [0.15, 0.2) is 0 Å². The summed E-state index contributed by atoms with van der Waals surface area (Å²) in [4.78, 5) is 9.61. The average molecular weight is 240 g/mol. The van der Waals surface area contributed by atoms with E-state index in [9.17, 15) is 18.3 Å². The molecule has 1 aromatic rings. The average Bonchev–Trinajstić information content (AvgIpc) is 2.02. The number of rotatable bonds is 2. The topological polar surface area (TPSA) is 104 Å². The van der Waals surface area contributed by atoms with Crippen molar-refractivity contribution in [2.75, 3.05) is 0 Å². The van der Waals surface area contributed by atoms with Crippen molar-refractivity contribution in [1.82, 2.24) is 0 Å². The molecular formula is C7H5NaO6S. The Morgan fingerprint density at radius 3 is 2.07 bits per heavy atom. The van der Waals surface area contributed by atoms with Gasteiger partial charge in [-0.1, -0.05) is 0 Å². The minimum atomic E-state index is -4.27. The first-order chi connectivity index (χ1) is 6.39. The fourth-order valence-electron chi connectivity index (χ4n) is 0.776. The molecular weight excluding hydrogens is 235 g/mol. The quantitative estimate of drug-likeness (QED) is 0.251. The molecule has 0 saturated carbocycles. The van der Waals surface area contributed by atoms with Crippen LogP contribution in [0.3, 0.4) is 0 Å². The zero-order valence-corrected chi connectivity index (χ0v) is 10.5. The van der Waals surface area contributed by atoms with E-state index in [1.165, 1.54) is 0 Å². The first-order valence-corrected chi connectivity index (χ1v) is 4.80. The van der Waals surface area contributed by atoms with Crippen LogP contribution in [0.15, 0.2) is 29.2 Å². The summed E-state index contributed by atoms with van der Waals surface area (Å²) in [6, 6.07) is 4.18. The first-order valence-electron chi connectivity index (χ1n) is 3.36. The van der Waals surface area contributed by atoms with E-state index >= 15 is 0 Å². The van der Waals surface area contributed by atoms with Crippen LogP contribution in [0.5, 0.6) is 5.75 Å². The molecule has 0 heterocycles. The van der Waals surface area contributed by atoms with E-state index < -0.39 is 16.3 Å². The molecule has 0 unspecified atom stereocenters. The van der Waals surface area contributed by atoms with Crippen LogP contribution in [0.1, 0.15) is 0 Å². The smallest absolute Gasteiger partial charge is 0.514 e. The molecule has 0 aliphatic heterocycles. The van der Waals surface area contributed by atoms with E-state index in [1.807, 2.05) is 0 Å². The maximum Gasteiger partial charge on any atom is 1.00 e. The predicted molar refractivity (Wildman–Crippen MR) is 42.3 cm³/mol. The Bertz CT molecular complexity index is 437. The molecule has 0 spiro atoms. The van der Waals surface area contributed by atoms with E-state index in [0.29, 0.717) is 0 Å². The molecule has 0 amide bonds. The van der Waals surface area contributed by atoms with Gasteiger partial charge in [0.2, 0.25) is 0 Å². The van der Waals surface area contributed by atoms with Gasteiger partial charge in [0.1, 0.15) is 0 Å². The van der Waals surface area contributed by atoms with Crippen molar-refractivity contribution < 1.29 is 57.2 Å². The third-order valence-electron chi connectivity index (χ3n) is 1.32. The van der Waals surface area contributed by atoms with Gasteiger partial charge < -0.3 is 14.6 Å². The standard InChI is InChI=1S/C7H6O6S.Na/c8-7(9)13-5-1-3-6(4-2-5)14(10,11)12;/h1-4H,(H,8,9)(H,10,11,12);/q;+1/p-1.